The third kappa shape index (κ3) is 3.01. The average Bonchev–Trinajstić information content (AvgIpc) is 3.05. The van der Waals surface area contributed by atoms with E-state index in [4.69, 9.17) is 0 Å². The summed E-state index contributed by atoms with van der Waals surface area (Å²) in [5.74, 6) is 0.328. The first kappa shape index (κ1) is 16.8. The minimum atomic E-state index is -0.468. The number of rotatable bonds is 4. The molecule has 3 aliphatic rings. The SMILES string of the molecule is O=C1C(=O)N(C2CC3CC3C2)CCN1Cc1nnc(-c2ccccc2F)s1. The largest absolute Gasteiger partial charge is 0.330 e. The van der Waals surface area contributed by atoms with Crippen molar-refractivity contribution in [2.45, 2.75) is 31.8 Å². The van der Waals surface area contributed by atoms with Crippen LogP contribution in [0.4, 0.5) is 4.39 Å². The maximum absolute atomic E-state index is 13.9. The molecule has 0 spiro atoms. The summed E-state index contributed by atoms with van der Waals surface area (Å²) in [7, 11) is 0. The van der Waals surface area contributed by atoms with Crippen molar-refractivity contribution in [3.05, 3.63) is 35.1 Å². The fourth-order valence-corrected chi connectivity index (χ4v) is 5.23. The number of benzene rings is 1. The van der Waals surface area contributed by atoms with Crippen LogP contribution in [0.25, 0.3) is 10.6 Å². The van der Waals surface area contributed by atoms with Crippen LogP contribution in [-0.2, 0) is 16.1 Å². The first-order valence-electron chi connectivity index (χ1n) is 9.27. The van der Waals surface area contributed by atoms with Crippen molar-refractivity contribution in [2.24, 2.45) is 11.8 Å². The Morgan fingerprint density at radius 3 is 2.59 bits per heavy atom. The molecule has 0 bridgehead atoms. The Bertz CT molecular complexity index is 907. The smallest absolute Gasteiger partial charge is 0.312 e. The number of halogens is 1. The lowest BCUT2D eigenvalue weighted by Crippen LogP contribution is -2.56. The molecule has 27 heavy (non-hydrogen) atoms. The Kier molecular flexibility index (Phi) is 3.96. The molecule has 2 atom stereocenters. The molecule has 5 rings (SSSR count). The van der Waals surface area contributed by atoms with E-state index in [1.165, 1.54) is 28.7 Å². The normalized spacial score (nSPS) is 27.2. The van der Waals surface area contributed by atoms with E-state index in [2.05, 4.69) is 10.2 Å². The van der Waals surface area contributed by atoms with Crippen LogP contribution < -0.4 is 0 Å². The number of amides is 2. The summed E-state index contributed by atoms with van der Waals surface area (Å²) in [6.45, 7) is 1.32. The Labute approximate surface area is 160 Å². The molecule has 1 aliphatic heterocycles. The van der Waals surface area contributed by atoms with Crippen molar-refractivity contribution >= 4 is 23.2 Å². The highest BCUT2D eigenvalue weighted by molar-refractivity contribution is 7.14. The van der Waals surface area contributed by atoms with Crippen LogP contribution in [-0.4, -0.2) is 50.9 Å². The summed E-state index contributed by atoms with van der Waals surface area (Å²) >= 11 is 1.25. The monoisotopic (exact) mass is 386 g/mol. The summed E-state index contributed by atoms with van der Waals surface area (Å²) in [4.78, 5) is 28.4. The number of carbonyl (C=O) groups is 2. The molecule has 0 N–H and O–H groups in total. The van der Waals surface area contributed by atoms with Gasteiger partial charge in [0, 0.05) is 24.7 Å². The van der Waals surface area contributed by atoms with E-state index in [-0.39, 0.29) is 18.4 Å². The van der Waals surface area contributed by atoms with E-state index in [9.17, 15) is 14.0 Å². The van der Waals surface area contributed by atoms with Crippen molar-refractivity contribution in [2.75, 3.05) is 13.1 Å². The van der Waals surface area contributed by atoms with Gasteiger partial charge in [0.05, 0.1) is 6.54 Å². The zero-order valence-electron chi connectivity index (χ0n) is 14.7. The molecule has 2 aliphatic carbocycles. The highest BCUT2D eigenvalue weighted by Crippen LogP contribution is 2.53. The zero-order valence-corrected chi connectivity index (χ0v) is 15.5. The number of carbonyl (C=O) groups excluding carboxylic acids is 2. The van der Waals surface area contributed by atoms with E-state index >= 15 is 0 Å². The Morgan fingerprint density at radius 1 is 1.04 bits per heavy atom. The molecule has 1 saturated heterocycles. The molecular formula is C19H19FN4O2S. The van der Waals surface area contributed by atoms with E-state index in [1.807, 2.05) is 0 Å². The molecular weight excluding hydrogens is 367 g/mol. The predicted octanol–water partition coefficient (Wildman–Crippen LogP) is 2.31. The number of nitrogens with zero attached hydrogens (tertiary/aromatic N) is 4. The summed E-state index contributed by atoms with van der Waals surface area (Å²) in [6, 6.07) is 6.64. The second kappa shape index (κ2) is 6.37. The van der Waals surface area contributed by atoms with Crippen molar-refractivity contribution in [1.29, 1.82) is 0 Å². The fourth-order valence-electron chi connectivity index (χ4n) is 4.35. The van der Waals surface area contributed by atoms with Gasteiger partial charge in [0.25, 0.3) is 0 Å². The number of hydrogen-bond acceptors (Lipinski definition) is 5. The number of fused-ring (bicyclic) bond motifs is 1. The van der Waals surface area contributed by atoms with Crippen LogP contribution in [0, 0.1) is 17.7 Å². The third-order valence-electron chi connectivity index (χ3n) is 5.90. The summed E-state index contributed by atoms with van der Waals surface area (Å²) in [5, 5.41) is 9.21. The highest BCUT2D eigenvalue weighted by Gasteiger charge is 2.50. The second-order valence-electron chi connectivity index (χ2n) is 7.59. The van der Waals surface area contributed by atoms with Gasteiger partial charge in [-0.05, 0) is 43.2 Å². The van der Waals surface area contributed by atoms with Gasteiger partial charge in [-0.3, -0.25) is 9.59 Å². The van der Waals surface area contributed by atoms with Gasteiger partial charge in [0.15, 0.2) is 5.01 Å². The lowest BCUT2D eigenvalue weighted by molar-refractivity contribution is -0.158. The van der Waals surface area contributed by atoms with Gasteiger partial charge in [0.1, 0.15) is 10.8 Å². The fraction of sp³-hybridized carbons (Fsp3) is 0.474. The van der Waals surface area contributed by atoms with E-state index in [0.29, 0.717) is 28.7 Å². The molecule has 140 valence electrons. The second-order valence-corrected chi connectivity index (χ2v) is 8.65. The number of hydrogen-bond donors (Lipinski definition) is 0. The zero-order chi connectivity index (χ0) is 18.5. The molecule has 1 aromatic carbocycles. The Hall–Kier alpha value is -2.35. The highest BCUT2D eigenvalue weighted by atomic mass is 32.1. The van der Waals surface area contributed by atoms with Gasteiger partial charge >= 0.3 is 11.8 Å². The molecule has 0 radical (unpaired) electrons. The average molecular weight is 386 g/mol. The van der Waals surface area contributed by atoms with Crippen LogP contribution in [0.1, 0.15) is 24.3 Å². The third-order valence-corrected chi connectivity index (χ3v) is 6.84. The van der Waals surface area contributed by atoms with Gasteiger partial charge in [-0.1, -0.05) is 23.5 Å². The molecule has 2 amide bonds. The van der Waals surface area contributed by atoms with Crippen LogP contribution in [0.5, 0.6) is 0 Å². The number of aromatic nitrogens is 2. The lowest BCUT2D eigenvalue weighted by Gasteiger charge is -2.37. The van der Waals surface area contributed by atoms with Gasteiger partial charge in [-0.15, -0.1) is 10.2 Å². The topological polar surface area (TPSA) is 66.4 Å². The van der Waals surface area contributed by atoms with E-state index in [0.717, 1.165) is 24.7 Å². The molecule has 1 aromatic heterocycles. The van der Waals surface area contributed by atoms with Crippen LogP contribution in [0.15, 0.2) is 24.3 Å². The lowest BCUT2D eigenvalue weighted by atomic mass is 10.1. The quantitative estimate of drug-likeness (QED) is 0.757. The standard InChI is InChI=1S/C19H19FN4O2S/c20-15-4-2-1-3-14(15)17-22-21-16(27-17)10-23-5-6-24(19(26)18(23)25)13-8-11-7-12(11)9-13/h1-4,11-13H,5-10H2. The van der Waals surface area contributed by atoms with Gasteiger partial charge in [0.2, 0.25) is 0 Å². The van der Waals surface area contributed by atoms with Crippen LogP contribution in [0.3, 0.4) is 0 Å². The maximum Gasteiger partial charge on any atom is 0.312 e. The minimum absolute atomic E-state index is 0.237. The maximum atomic E-state index is 13.9. The molecule has 2 heterocycles. The van der Waals surface area contributed by atoms with Crippen molar-refractivity contribution in [3.63, 3.8) is 0 Å². The molecule has 2 unspecified atom stereocenters. The molecule has 8 heteroatoms. The molecule has 6 nitrogen and oxygen atoms in total. The summed E-state index contributed by atoms with van der Waals surface area (Å²) in [6.07, 6.45) is 3.39. The van der Waals surface area contributed by atoms with Crippen molar-refractivity contribution < 1.29 is 14.0 Å². The Morgan fingerprint density at radius 2 is 1.81 bits per heavy atom. The molecule has 2 saturated carbocycles. The first-order chi connectivity index (χ1) is 13.1. The summed E-state index contributed by atoms with van der Waals surface area (Å²) < 4.78 is 13.9. The van der Waals surface area contributed by atoms with Gasteiger partial charge in [-0.2, -0.15) is 0 Å². The van der Waals surface area contributed by atoms with Crippen molar-refractivity contribution in [1.82, 2.24) is 20.0 Å². The van der Waals surface area contributed by atoms with Gasteiger partial charge in [-0.25, -0.2) is 4.39 Å². The van der Waals surface area contributed by atoms with Crippen molar-refractivity contribution in [3.8, 4) is 10.6 Å². The van der Waals surface area contributed by atoms with Crippen LogP contribution in [0.2, 0.25) is 0 Å². The predicted molar refractivity (Wildman–Crippen MR) is 97.1 cm³/mol. The summed E-state index contributed by atoms with van der Waals surface area (Å²) in [5.41, 5.74) is 0.397. The van der Waals surface area contributed by atoms with Crippen LogP contribution >= 0.6 is 11.3 Å². The molecule has 2 aromatic rings. The van der Waals surface area contributed by atoms with E-state index < -0.39 is 11.8 Å². The molecule has 3 fully saturated rings. The minimum Gasteiger partial charge on any atom is -0.330 e. The Balaban J connectivity index is 1.26. The van der Waals surface area contributed by atoms with Gasteiger partial charge < -0.3 is 9.80 Å². The van der Waals surface area contributed by atoms with E-state index in [1.54, 1.807) is 23.1 Å². The number of piperazine rings is 1. The first-order valence-corrected chi connectivity index (χ1v) is 10.1.